The molecule has 2 atom stereocenters. The van der Waals surface area contributed by atoms with Crippen LogP contribution in [-0.4, -0.2) is 102 Å². The van der Waals surface area contributed by atoms with Crippen LogP contribution in [0.25, 0.3) is 0 Å². The first-order valence-corrected chi connectivity index (χ1v) is 17.9. The van der Waals surface area contributed by atoms with Gasteiger partial charge in [-0.15, -0.1) is 11.3 Å². The number of ether oxygens (including phenoxy) is 1. The van der Waals surface area contributed by atoms with Gasteiger partial charge < -0.3 is 40.6 Å². The Hall–Kier alpha value is -4.16. The summed E-state index contributed by atoms with van der Waals surface area (Å²) in [6.07, 6.45) is 3.58. The minimum absolute atomic E-state index is 0.0441. The van der Waals surface area contributed by atoms with Gasteiger partial charge in [-0.3, -0.25) is 0 Å². The second-order valence-corrected chi connectivity index (χ2v) is 16.5. The highest BCUT2D eigenvalue weighted by Crippen LogP contribution is 2.46. The van der Waals surface area contributed by atoms with Crippen molar-refractivity contribution in [2.24, 2.45) is 16.3 Å². The molecule has 0 radical (unpaired) electrons. The van der Waals surface area contributed by atoms with Crippen molar-refractivity contribution < 1.29 is 19.2 Å². The number of aryl methyl sites for hydroxylation is 1. The highest BCUT2D eigenvalue weighted by atomic mass is 32.1. The van der Waals surface area contributed by atoms with Gasteiger partial charge in [-0.1, -0.05) is 5.16 Å². The predicted octanol–water partition coefficient (Wildman–Crippen LogP) is 3.43. The number of hydrogen-bond donors (Lipinski definition) is 2. The molecular formula is C34H48N10O4S. The van der Waals surface area contributed by atoms with Crippen LogP contribution in [0.2, 0.25) is 0 Å². The van der Waals surface area contributed by atoms with Gasteiger partial charge in [0.05, 0.1) is 11.0 Å². The van der Waals surface area contributed by atoms with E-state index >= 15 is 0 Å². The molecule has 4 N–H and O–H groups in total. The van der Waals surface area contributed by atoms with Crippen molar-refractivity contribution in [1.82, 2.24) is 19.8 Å². The van der Waals surface area contributed by atoms with Crippen LogP contribution in [0.5, 0.6) is 0 Å². The van der Waals surface area contributed by atoms with Crippen LogP contribution in [0.15, 0.2) is 11.2 Å². The number of aromatic nitrogens is 2. The lowest BCUT2D eigenvalue weighted by Gasteiger charge is -2.48. The van der Waals surface area contributed by atoms with Crippen molar-refractivity contribution in [1.29, 1.82) is 5.26 Å². The number of carbonyl (C=O) groups excluding carboxylic acids is 2. The summed E-state index contributed by atoms with van der Waals surface area (Å²) in [4.78, 5) is 51.2. The average Bonchev–Trinajstić information content (AvgIpc) is 3.57. The van der Waals surface area contributed by atoms with Gasteiger partial charge in [-0.05, 0) is 80.3 Å². The summed E-state index contributed by atoms with van der Waals surface area (Å²) >= 11 is 1.35. The van der Waals surface area contributed by atoms with Gasteiger partial charge in [0.1, 0.15) is 28.2 Å². The van der Waals surface area contributed by atoms with Gasteiger partial charge >= 0.3 is 12.1 Å². The number of nitrogens with zero attached hydrogens (tertiary/aromatic N) is 8. The van der Waals surface area contributed by atoms with Crippen molar-refractivity contribution in [3.63, 3.8) is 0 Å². The molecule has 14 nitrogen and oxygen atoms in total. The minimum Gasteiger partial charge on any atom is -0.444 e. The Labute approximate surface area is 292 Å². The smallest absolute Gasteiger partial charge is 0.410 e. The molecule has 0 saturated carbocycles. The third-order valence-electron chi connectivity index (χ3n) is 10.2. The van der Waals surface area contributed by atoms with Crippen LogP contribution in [0, 0.1) is 16.7 Å². The summed E-state index contributed by atoms with van der Waals surface area (Å²) in [5.74, 6) is 0.602. The number of oxime groups is 1. The second-order valence-electron chi connectivity index (χ2n) is 15.4. The van der Waals surface area contributed by atoms with Crippen molar-refractivity contribution in [2.45, 2.75) is 83.8 Å². The molecule has 0 bridgehead atoms. The monoisotopic (exact) mass is 692 g/mol. The second kappa shape index (κ2) is 12.9. The van der Waals surface area contributed by atoms with Crippen LogP contribution >= 0.6 is 11.3 Å². The van der Waals surface area contributed by atoms with Crippen molar-refractivity contribution in [3.8, 4) is 6.07 Å². The van der Waals surface area contributed by atoms with E-state index in [2.05, 4.69) is 39.9 Å². The van der Waals surface area contributed by atoms with Crippen LogP contribution in [0.1, 0.15) is 82.0 Å². The van der Waals surface area contributed by atoms with E-state index in [0.717, 1.165) is 63.3 Å². The Kier molecular flexibility index (Phi) is 9.16. The number of hydrogen-bond acceptors (Lipinski definition) is 13. The van der Waals surface area contributed by atoms with E-state index in [-0.39, 0.29) is 23.4 Å². The molecule has 3 saturated heterocycles. The van der Waals surface area contributed by atoms with Gasteiger partial charge in [0.2, 0.25) is 5.95 Å². The zero-order chi connectivity index (χ0) is 35.3. The van der Waals surface area contributed by atoms with Gasteiger partial charge in [0.25, 0.3) is 0 Å². The topological polar surface area (TPSA) is 180 Å². The average molecular weight is 693 g/mol. The largest absolute Gasteiger partial charge is 0.444 e. The summed E-state index contributed by atoms with van der Waals surface area (Å²) in [6, 6.07) is 4.11. The molecule has 2 aromatic rings. The van der Waals surface area contributed by atoms with E-state index in [9.17, 15) is 14.9 Å². The molecular weight excluding hydrogens is 645 g/mol. The number of nitrogens with two attached hydrogens (primary N) is 2. The lowest BCUT2D eigenvalue weighted by molar-refractivity contribution is -0.150. The lowest BCUT2D eigenvalue weighted by atomic mass is 9.72. The van der Waals surface area contributed by atoms with Crippen molar-refractivity contribution in [2.75, 3.05) is 68.4 Å². The van der Waals surface area contributed by atoms with Crippen LogP contribution < -0.4 is 21.3 Å². The fourth-order valence-corrected chi connectivity index (χ4v) is 8.84. The molecule has 49 heavy (non-hydrogen) atoms. The minimum atomic E-state index is -1.08. The van der Waals surface area contributed by atoms with Crippen LogP contribution in [0.4, 0.5) is 21.6 Å². The highest BCUT2D eigenvalue weighted by Gasteiger charge is 2.50. The number of amidine groups is 1. The van der Waals surface area contributed by atoms with E-state index in [1.54, 1.807) is 17.9 Å². The summed E-state index contributed by atoms with van der Waals surface area (Å²) < 4.78 is 5.62. The Morgan fingerprint density at radius 3 is 2.61 bits per heavy atom. The van der Waals surface area contributed by atoms with Crippen LogP contribution in [-0.2, 0) is 26.2 Å². The lowest BCUT2D eigenvalue weighted by Crippen LogP contribution is -2.58. The Balaban J connectivity index is 1.25. The number of thiophene rings is 1. The van der Waals surface area contributed by atoms with Crippen molar-refractivity contribution >= 4 is 46.0 Å². The van der Waals surface area contributed by atoms with E-state index in [1.807, 2.05) is 20.8 Å². The summed E-state index contributed by atoms with van der Waals surface area (Å²) in [5.41, 5.74) is 12.3. The Morgan fingerprint density at radius 1 is 1.14 bits per heavy atom. The normalized spacial score (nSPS) is 24.2. The summed E-state index contributed by atoms with van der Waals surface area (Å²) in [6.45, 7) is 14.9. The molecule has 1 amide bonds. The SMILES string of the molecule is C[C@H]1CN(C)CCCN1c1nc(/C(N)=N/OC(=O)[C@@]2(C)CCCc3sc(N)c(C#N)c32)cc(N2CC3(CCN(C(=O)OC(C)(C)C)C3)C2)n1. The number of nitrogen functional groups attached to an aromatic ring is 1. The van der Waals surface area contributed by atoms with Crippen molar-refractivity contribution in [3.05, 3.63) is 27.8 Å². The molecule has 6 rings (SSSR count). The zero-order valence-electron chi connectivity index (χ0n) is 29.4. The molecule has 264 valence electrons. The number of amides is 1. The predicted molar refractivity (Wildman–Crippen MR) is 189 cm³/mol. The summed E-state index contributed by atoms with van der Waals surface area (Å²) in [5, 5.41) is 14.3. The number of likely N-dealkylation sites (tertiary alicyclic amines) is 1. The first kappa shape index (κ1) is 34.7. The number of carbonyl (C=O) groups is 2. The quantitative estimate of drug-likeness (QED) is 0.202. The van der Waals surface area contributed by atoms with Gasteiger partial charge in [0.15, 0.2) is 5.84 Å². The third kappa shape index (κ3) is 6.85. The fraction of sp³-hybridized carbons (Fsp3) is 0.647. The van der Waals surface area contributed by atoms with E-state index in [4.69, 9.17) is 31.0 Å². The maximum absolute atomic E-state index is 13.6. The molecule has 2 aromatic heterocycles. The highest BCUT2D eigenvalue weighted by molar-refractivity contribution is 7.16. The standard InChI is InChI=1S/C34H48N10O4S/c1-21-17-41(6)12-8-13-44(21)30-38-23(15-25(39-30)43-19-34(20-43)11-14-42(18-34)31(46)47-32(2,3)4)27(36)40-48-29(45)33(5)10-7-9-24-26(33)22(16-35)28(37)49-24/h15,21H,7-14,17-20,37H2,1-6H3,(H2,36,40)/t21-,33-/m0/s1. The maximum atomic E-state index is 13.6. The van der Waals surface area contributed by atoms with Gasteiger partial charge in [0, 0.05) is 67.2 Å². The summed E-state index contributed by atoms with van der Waals surface area (Å²) in [7, 11) is 2.11. The molecule has 5 heterocycles. The molecule has 0 unspecified atom stereocenters. The van der Waals surface area contributed by atoms with Gasteiger partial charge in [-0.25, -0.2) is 14.6 Å². The third-order valence-corrected chi connectivity index (χ3v) is 11.2. The van der Waals surface area contributed by atoms with E-state index < -0.39 is 17.0 Å². The Bertz CT molecular complexity index is 1690. The van der Waals surface area contributed by atoms with Gasteiger partial charge in [-0.2, -0.15) is 10.2 Å². The Morgan fingerprint density at radius 2 is 1.90 bits per heavy atom. The first-order chi connectivity index (χ1) is 23.1. The number of rotatable bonds is 5. The molecule has 15 heteroatoms. The fourth-order valence-electron chi connectivity index (χ4n) is 7.65. The van der Waals surface area contributed by atoms with E-state index in [0.29, 0.717) is 53.1 Å². The first-order valence-electron chi connectivity index (χ1n) is 17.1. The number of fused-ring (bicyclic) bond motifs is 1. The molecule has 1 spiro atoms. The number of nitriles is 1. The zero-order valence-corrected chi connectivity index (χ0v) is 30.2. The number of likely N-dealkylation sites (N-methyl/N-ethyl adjacent to an activating group) is 1. The molecule has 3 aliphatic heterocycles. The maximum Gasteiger partial charge on any atom is 0.410 e. The molecule has 3 fully saturated rings. The molecule has 0 aromatic carbocycles. The molecule has 1 aliphatic carbocycles. The molecule has 4 aliphatic rings. The number of anilines is 3. The van der Waals surface area contributed by atoms with E-state index in [1.165, 1.54) is 11.3 Å². The van der Waals surface area contributed by atoms with Crippen LogP contribution in [0.3, 0.4) is 0 Å².